The third-order valence-electron chi connectivity index (χ3n) is 4.80. The van der Waals surface area contributed by atoms with Gasteiger partial charge in [0.05, 0.1) is 31.7 Å². The number of benzene rings is 1. The zero-order chi connectivity index (χ0) is 21.1. The number of hydrogen-bond donors (Lipinski definition) is 1. The Morgan fingerprint density at radius 1 is 1.28 bits per heavy atom. The Bertz CT molecular complexity index is 929. The van der Waals surface area contributed by atoms with Crippen LogP contribution in [-0.4, -0.2) is 48.1 Å². The fourth-order valence-electron chi connectivity index (χ4n) is 3.42. The molecule has 7 heteroatoms. The normalized spacial score (nSPS) is 18.7. The third-order valence-corrected chi connectivity index (χ3v) is 4.80. The lowest BCUT2D eigenvalue weighted by Crippen LogP contribution is -2.33. The maximum Gasteiger partial charge on any atom is 0.295 e. The molecule has 1 amide bonds. The molecule has 0 saturated carbocycles. The van der Waals surface area contributed by atoms with E-state index in [4.69, 9.17) is 13.9 Å². The molecule has 0 spiro atoms. The summed E-state index contributed by atoms with van der Waals surface area (Å²) in [5.74, 6) is -0.619. The van der Waals surface area contributed by atoms with Gasteiger partial charge in [-0.3, -0.25) is 9.59 Å². The molecule has 0 radical (unpaired) electrons. The van der Waals surface area contributed by atoms with E-state index in [9.17, 15) is 14.7 Å². The van der Waals surface area contributed by atoms with Gasteiger partial charge in [0, 0.05) is 12.1 Å². The number of hydrogen-bond acceptors (Lipinski definition) is 6. The summed E-state index contributed by atoms with van der Waals surface area (Å²) in [7, 11) is 1.56. The molecule has 2 heterocycles. The van der Waals surface area contributed by atoms with E-state index in [1.807, 2.05) is 20.8 Å². The minimum atomic E-state index is -0.817. The topological polar surface area (TPSA) is 89.2 Å². The van der Waals surface area contributed by atoms with Crippen molar-refractivity contribution in [3.63, 3.8) is 0 Å². The van der Waals surface area contributed by atoms with Gasteiger partial charge in [0.2, 0.25) is 0 Å². The Balaban J connectivity index is 2.05. The SMILES string of the molecule is COc1ccc(/C(O)=C2/C(=O)C(=O)N(CCOC(C)C)C2c2ccco2)cc1C. The Morgan fingerprint density at radius 3 is 2.62 bits per heavy atom. The first-order valence-corrected chi connectivity index (χ1v) is 9.43. The summed E-state index contributed by atoms with van der Waals surface area (Å²) in [6, 6.07) is 7.61. The average molecular weight is 399 g/mol. The average Bonchev–Trinajstić information content (AvgIpc) is 3.29. The molecule has 1 saturated heterocycles. The summed E-state index contributed by atoms with van der Waals surface area (Å²) < 4.78 is 16.3. The maximum atomic E-state index is 12.8. The van der Waals surface area contributed by atoms with E-state index < -0.39 is 17.7 Å². The minimum Gasteiger partial charge on any atom is -0.507 e. The number of carbonyl (C=O) groups excluding carboxylic acids is 2. The zero-order valence-electron chi connectivity index (χ0n) is 17.0. The number of likely N-dealkylation sites (tertiary alicyclic amines) is 1. The number of nitrogens with zero attached hydrogens (tertiary/aromatic N) is 1. The number of aryl methyl sites for hydroxylation is 1. The number of furan rings is 1. The predicted molar refractivity (Wildman–Crippen MR) is 107 cm³/mol. The molecule has 154 valence electrons. The minimum absolute atomic E-state index is 0.000867. The number of methoxy groups -OCH3 is 1. The predicted octanol–water partition coefficient (Wildman–Crippen LogP) is 3.44. The number of rotatable bonds is 7. The summed E-state index contributed by atoms with van der Waals surface area (Å²) in [6.45, 7) is 6.09. The van der Waals surface area contributed by atoms with Gasteiger partial charge in [0.25, 0.3) is 11.7 Å². The van der Waals surface area contributed by atoms with Crippen molar-refractivity contribution in [3.8, 4) is 5.75 Å². The molecule has 1 fully saturated rings. The molecular formula is C22H25NO6. The van der Waals surface area contributed by atoms with Crippen molar-refractivity contribution in [1.29, 1.82) is 0 Å². The fraction of sp³-hybridized carbons (Fsp3) is 0.364. The van der Waals surface area contributed by atoms with Crippen LogP contribution >= 0.6 is 0 Å². The van der Waals surface area contributed by atoms with Crippen molar-refractivity contribution >= 4 is 17.4 Å². The van der Waals surface area contributed by atoms with E-state index in [0.29, 0.717) is 17.1 Å². The van der Waals surface area contributed by atoms with Crippen LogP contribution in [0.1, 0.15) is 36.8 Å². The molecular weight excluding hydrogens is 374 g/mol. The van der Waals surface area contributed by atoms with Gasteiger partial charge in [-0.2, -0.15) is 0 Å². The van der Waals surface area contributed by atoms with E-state index in [-0.39, 0.29) is 30.6 Å². The summed E-state index contributed by atoms with van der Waals surface area (Å²) in [5.41, 5.74) is 1.22. The van der Waals surface area contributed by atoms with E-state index in [0.717, 1.165) is 5.56 Å². The van der Waals surface area contributed by atoms with Crippen molar-refractivity contribution in [2.75, 3.05) is 20.3 Å². The van der Waals surface area contributed by atoms with E-state index in [1.54, 1.807) is 37.4 Å². The smallest absolute Gasteiger partial charge is 0.295 e. The highest BCUT2D eigenvalue weighted by molar-refractivity contribution is 6.46. The number of ketones is 1. The molecule has 0 aliphatic carbocycles. The van der Waals surface area contributed by atoms with Gasteiger partial charge in [-0.25, -0.2) is 0 Å². The zero-order valence-corrected chi connectivity index (χ0v) is 17.0. The quantitative estimate of drug-likeness (QED) is 0.436. The lowest BCUT2D eigenvalue weighted by molar-refractivity contribution is -0.140. The van der Waals surface area contributed by atoms with Gasteiger partial charge in [-0.05, 0) is 56.7 Å². The molecule has 1 aromatic carbocycles. The van der Waals surface area contributed by atoms with Gasteiger partial charge < -0.3 is 23.9 Å². The number of aliphatic hydroxyl groups is 1. The number of ether oxygens (including phenoxy) is 2. The lowest BCUT2D eigenvalue weighted by Gasteiger charge is -2.23. The molecule has 1 aliphatic heterocycles. The Hall–Kier alpha value is -3.06. The van der Waals surface area contributed by atoms with Crippen LogP contribution in [0, 0.1) is 6.92 Å². The molecule has 7 nitrogen and oxygen atoms in total. The van der Waals surface area contributed by atoms with Crippen molar-refractivity contribution in [2.45, 2.75) is 32.9 Å². The van der Waals surface area contributed by atoms with E-state index in [2.05, 4.69) is 0 Å². The lowest BCUT2D eigenvalue weighted by atomic mass is 9.98. The van der Waals surface area contributed by atoms with E-state index >= 15 is 0 Å². The van der Waals surface area contributed by atoms with Crippen LogP contribution in [-0.2, 0) is 14.3 Å². The fourth-order valence-corrected chi connectivity index (χ4v) is 3.42. The van der Waals surface area contributed by atoms with Gasteiger partial charge in [-0.1, -0.05) is 0 Å². The van der Waals surface area contributed by atoms with Crippen LogP contribution in [0.15, 0.2) is 46.6 Å². The van der Waals surface area contributed by atoms with Crippen LogP contribution < -0.4 is 4.74 Å². The number of aliphatic hydroxyl groups excluding tert-OH is 1. The molecule has 1 unspecified atom stereocenters. The highest BCUT2D eigenvalue weighted by Gasteiger charge is 2.47. The maximum absolute atomic E-state index is 12.8. The van der Waals surface area contributed by atoms with Gasteiger partial charge >= 0.3 is 0 Å². The Morgan fingerprint density at radius 2 is 2.03 bits per heavy atom. The monoisotopic (exact) mass is 399 g/mol. The first-order valence-electron chi connectivity index (χ1n) is 9.43. The van der Waals surface area contributed by atoms with Crippen LogP contribution in [0.3, 0.4) is 0 Å². The molecule has 3 rings (SSSR count). The van der Waals surface area contributed by atoms with Crippen LogP contribution in [0.4, 0.5) is 0 Å². The van der Waals surface area contributed by atoms with E-state index in [1.165, 1.54) is 11.2 Å². The van der Waals surface area contributed by atoms with Crippen LogP contribution in [0.2, 0.25) is 0 Å². The largest absolute Gasteiger partial charge is 0.507 e. The molecule has 1 aromatic heterocycles. The molecule has 1 atom stereocenters. The second-order valence-corrected chi connectivity index (χ2v) is 7.11. The summed E-state index contributed by atoms with van der Waals surface area (Å²) in [4.78, 5) is 26.9. The van der Waals surface area contributed by atoms with Gasteiger partial charge in [0.15, 0.2) is 0 Å². The Labute approximate surface area is 169 Å². The molecule has 1 N–H and O–H groups in total. The van der Waals surface area contributed by atoms with Crippen molar-refractivity contribution in [1.82, 2.24) is 4.90 Å². The highest BCUT2D eigenvalue weighted by Crippen LogP contribution is 2.39. The molecule has 29 heavy (non-hydrogen) atoms. The summed E-state index contributed by atoms with van der Waals surface area (Å²) >= 11 is 0. The second-order valence-electron chi connectivity index (χ2n) is 7.11. The molecule has 1 aliphatic rings. The first-order chi connectivity index (χ1) is 13.8. The van der Waals surface area contributed by atoms with Crippen LogP contribution in [0.25, 0.3) is 5.76 Å². The summed E-state index contributed by atoms with van der Waals surface area (Å²) in [6.07, 6.45) is 1.47. The van der Waals surface area contributed by atoms with Crippen LogP contribution in [0.5, 0.6) is 5.75 Å². The summed E-state index contributed by atoms with van der Waals surface area (Å²) in [5, 5.41) is 11.0. The van der Waals surface area contributed by atoms with Crippen molar-refractivity contribution in [3.05, 3.63) is 59.1 Å². The van der Waals surface area contributed by atoms with Crippen molar-refractivity contribution < 1.29 is 28.6 Å². The molecule has 0 bridgehead atoms. The van der Waals surface area contributed by atoms with Crippen molar-refractivity contribution in [2.24, 2.45) is 0 Å². The number of carbonyl (C=O) groups is 2. The highest BCUT2D eigenvalue weighted by atomic mass is 16.5. The standard InChI is InChI=1S/C22H25NO6/c1-13(2)28-11-9-23-19(17-6-5-10-29-17)18(21(25)22(23)26)20(24)15-7-8-16(27-4)14(3)12-15/h5-8,10,12-13,19,24H,9,11H2,1-4H3/b20-18-. The number of Topliss-reactive ketones (excluding diaryl/α,β-unsaturated/α-hetero) is 1. The van der Waals surface area contributed by atoms with Gasteiger partial charge in [0.1, 0.15) is 23.3 Å². The Kier molecular flexibility index (Phi) is 6.08. The molecule has 2 aromatic rings. The van der Waals surface area contributed by atoms with Gasteiger partial charge in [-0.15, -0.1) is 0 Å². The third kappa shape index (κ3) is 4.05. The second kappa shape index (κ2) is 8.53. The first kappa shape index (κ1) is 20.7. The number of amides is 1.